The molecule has 0 spiro atoms. The van der Waals surface area contributed by atoms with Crippen LogP contribution in [0.15, 0.2) is 12.8 Å². The van der Waals surface area contributed by atoms with Crippen LogP contribution in [0.1, 0.15) is 20.3 Å². The summed E-state index contributed by atoms with van der Waals surface area (Å²) in [7, 11) is 0. The largest absolute Gasteiger partial charge is 0.360 e. The maximum absolute atomic E-state index is 8.63. The van der Waals surface area contributed by atoms with Crippen molar-refractivity contribution in [1.82, 2.24) is 15.8 Å². The molecule has 16 heavy (non-hydrogen) atoms. The van der Waals surface area contributed by atoms with Crippen molar-refractivity contribution in [2.75, 3.05) is 0 Å². The first kappa shape index (κ1) is 15.2. The molecule has 0 aromatic rings. The fraction of sp³-hybridized carbons (Fsp3) is 0.600. The number of rotatable bonds is 8. The molecule has 0 saturated carbocycles. The summed E-state index contributed by atoms with van der Waals surface area (Å²) in [5.41, 5.74) is 3.18. The van der Waals surface area contributed by atoms with Gasteiger partial charge in [0.1, 0.15) is 4.05 Å². The Hall–Kier alpha value is -0.810. The molecule has 0 amide bonds. The monoisotopic (exact) mass is 335 g/mol. The Morgan fingerprint density at radius 3 is 2.62 bits per heavy atom. The Morgan fingerprint density at radius 2 is 2.25 bits per heavy atom. The molecule has 0 saturated heterocycles. The van der Waals surface area contributed by atoms with Gasteiger partial charge >= 0.3 is 0 Å². The maximum Gasteiger partial charge on any atom is 0.109 e. The number of nitrogens with zero attached hydrogens (tertiary/aromatic N) is 2. The molecule has 0 aliphatic rings. The van der Waals surface area contributed by atoms with Crippen molar-refractivity contribution in [3.63, 3.8) is 0 Å². The predicted molar refractivity (Wildman–Crippen MR) is 73.8 cm³/mol. The topological polar surface area (TPSA) is 74.9 Å². The van der Waals surface area contributed by atoms with E-state index in [1.165, 1.54) is 0 Å². The predicted octanol–water partition coefficient (Wildman–Crippen LogP) is 1.79. The van der Waals surface area contributed by atoms with Crippen LogP contribution in [0.3, 0.4) is 0 Å². The summed E-state index contributed by atoms with van der Waals surface area (Å²) in [6.45, 7) is 7.79. The van der Waals surface area contributed by atoms with Crippen molar-refractivity contribution in [2.24, 2.45) is 5.92 Å². The average molecular weight is 335 g/mol. The maximum atomic E-state index is 8.63. The highest BCUT2D eigenvalue weighted by Gasteiger charge is 2.17. The van der Waals surface area contributed by atoms with Gasteiger partial charge in [0.05, 0.1) is 25.0 Å². The van der Waals surface area contributed by atoms with Crippen molar-refractivity contribution >= 4 is 28.9 Å². The zero-order chi connectivity index (χ0) is 12.6. The van der Waals surface area contributed by atoms with Crippen LogP contribution in [0.2, 0.25) is 0 Å². The first-order valence-corrected chi connectivity index (χ1v) is 6.24. The Kier molecular flexibility index (Phi) is 7.93. The summed E-state index contributed by atoms with van der Waals surface area (Å²) < 4.78 is 0.0221. The van der Waals surface area contributed by atoms with Crippen molar-refractivity contribution in [2.45, 2.75) is 30.5 Å². The number of alkyl halides is 1. The van der Waals surface area contributed by atoms with Gasteiger partial charge in [-0.15, -0.1) is 0 Å². The van der Waals surface area contributed by atoms with Crippen LogP contribution in [0.25, 0.3) is 0 Å². The molecular weight excluding hydrogens is 317 g/mol. The highest BCUT2D eigenvalue weighted by molar-refractivity contribution is 14.1. The van der Waals surface area contributed by atoms with E-state index in [2.05, 4.69) is 46.0 Å². The SMILES string of the molecule is C=CN(NC(NC=N)C(C)C)C(I)CC#N. The Balaban J connectivity index is 4.42. The summed E-state index contributed by atoms with van der Waals surface area (Å²) in [5, 5.41) is 20.4. The lowest BCUT2D eigenvalue weighted by Gasteiger charge is -2.32. The summed E-state index contributed by atoms with van der Waals surface area (Å²) >= 11 is 2.17. The highest BCUT2D eigenvalue weighted by Crippen LogP contribution is 2.11. The molecule has 90 valence electrons. The molecule has 0 aromatic heterocycles. The van der Waals surface area contributed by atoms with Gasteiger partial charge in [0.25, 0.3) is 0 Å². The van der Waals surface area contributed by atoms with Crippen LogP contribution in [0, 0.1) is 22.7 Å². The third-order valence-electron chi connectivity index (χ3n) is 1.98. The van der Waals surface area contributed by atoms with E-state index in [1.54, 1.807) is 11.2 Å². The van der Waals surface area contributed by atoms with Gasteiger partial charge in [0.15, 0.2) is 0 Å². The van der Waals surface area contributed by atoms with Gasteiger partial charge in [0, 0.05) is 6.20 Å². The summed E-state index contributed by atoms with van der Waals surface area (Å²) in [5.74, 6) is 0.315. The first-order valence-electron chi connectivity index (χ1n) is 4.99. The van der Waals surface area contributed by atoms with Crippen molar-refractivity contribution in [1.29, 1.82) is 10.7 Å². The van der Waals surface area contributed by atoms with E-state index >= 15 is 0 Å². The standard InChI is InChI=1S/C10H18IN5/c1-4-16(9(11)5-6-12)15-10(8(2)3)14-7-13/h4,7-10,15H,1,5H2,2-3H3,(H2,13,14). The first-order chi connectivity index (χ1) is 7.56. The minimum absolute atomic E-state index is 0.0221. The van der Waals surface area contributed by atoms with Gasteiger partial charge in [-0.25, -0.2) is 5.43 Å². The molecule has 2 unspecified atom stereocenters. The van der Waals surface area contributed by atoms with Gasteiger partial charge < -0.3 is 10.3 Å². The van der Waals surface area contributed by atoms with E-state index in [9.17, 15) is 0 Å². The van der Waals surface area contributed by atoms with Crippen LogP contribution in [-0.4, -0.2) is 21.6 Å². The zero-order valence-electron chi connectivity index (χ0n) is 9.57. The van der Waals surface area contributed by atoms with Crippen molar-refractivity contribution in [3.05, 3.63) is 12.8 Å². The minimum Gasteiger partial charge on any atom is -0.360 e. The van der Waals surface area contributed by atoms with E-state index in [1.807, 2.05) is 13.8 Å². The molecule has 0 aliphatic heterocycles. The summed E-state index contributed by atoms with van der Waals surface area (Å²) in [6.07, 6.45) is 3.17. The van der Waals surface area contributed by atoms with E-state index in [4.69, 9.17) is 10.7 Å². The quantitative estimate of drug-likeness (QED) is 0.120. The van der Waals surface area contributed by atoms with Gasteiger partial charge in [0.2, 0.25) is 0 Å². The number of nitriles is 1. The fourth-order valence-corrected chi connectivity index (χ4v) is 1.64. The summed E-state index contributed by atoms with van der Waals surface area (Å²) in [6, 6.07) is 2.11. The lowest BCUT2D eigenvalue weighted by Crippen LogP contribution is -2.53. The normalized spacial score (nSPS) is 13.7. The smallest absolute Gasteiger partial charge is 0.109 e. The minimum atomic E-state index is -0.0496. The van der Waals surface area contributed by atoms with Crippen LogP contribution in [-0.2, 0) is 0 Å². The molecule has 2 atom stereocenters. The van der Waals surface area contributed by atoms with E-state index in [0.717, 1.165) is 6.34 Å². The van der Waals surface area contributed by atoms with E-state index in [0.29, 0.717) is 12.3 Å². The summed E-state index contributed by atoms with van der Waals surface area (Å²) in [4.78, 5) is 0. The Labute approximate surface area is 111 Å². The molecule has 0 radical (unpaired) electrons. The van der Waals surface area contributed by atoms with Crippen LogP contribution >= 0.6 is 22.6 Å². The Bertz CT molecular complexity index is 260. The molecule has 0 aromatic carbocycles. The second-order valence-electron chi connectivity index (χ2n) is 3.55. The second kappa shape index (κ2) is 8.35. The van der Waals surface area contributed by atoms with Gasteiger partial charge in [-0.3, -0.25) is 5.41 Å². The number of hydrogen-bond acceptors (Lipinski definition) is 4. The second-order valence-corrected chi connectivity index (χ2v) is 4.99. The number of hydrazine groups is 1. The van der Waals surface area contributed by atoms with Crippen LogP contribution < -0.4 is 10.7 Å². The van der Waals surface area contributed by atoms with Crippen molar-refractivity contribution < 1.29 is 0 Å². The highest BCUT2D eigenvalue weighted by atomic mass is 127. The molecule has 3 N–H and O–H groups in total. The number of halogens is 1. The molecule has 5 nitrogen and oxygen atoms in total. The number of hydrogen-bond donors (Lipinski definition) is 3. The molecular formula is C10H18IN5. The lowest BCUT2D eigenvalue weighted by molar-refractivity contribution is 0.185. The number of nitrogens with one attached hydrogen (secondary N) is 3. The average Bonchev–Trinajstić information content (AvgIpc) is 2.24. The Morgan fingerprint density at radius 1 is 1.62 bits per heavy atom. The third-order valence-corrected chi connectivity index (χ3v) is 3.02. The zero-order valence-corrected chi connectivity index (χ0v) is 11.7. The molecule has 0 heterocycles. The van der Waals surface area contributed by atoms with E-state index < -0.39 is 0 Å². The van der Waals surface area contributed by atoms with E-state index in [-0.39, 0.29) is 10.2 Å². The molecule has 0 bridgehead atoms. The lowest BCUT2D eigenvalue weighted by atomic mass is 10.1. The van der Waals surface area contributed by atoms with Crippen LogP contribution in [0.5, 0.6) is 0 Å². The third kappa shape index (κ3) is 5.32. The van der Waals surface area contributed by atoms with Crippen molar-refractivity contribution in [3.8, 4) is 6.07 Å². The van der Waals surface area contributed by atoms with Gasteiger partial charge in [-0.2, -0.15) is 5.26 Å². The van der Waals surface area contributed by atoms with Gasteiger partial charge in [-0.1, -0.05) is 43.0 Å². The molecule has 6 heteroatoms. The fourth-order valence-electron chi connectivity index (χ4n) is 1.05. The molecule has 0 rings (SSSR count). The van der Waals surface area contributed by atoms with Gasteiger partial charge in [-0.05, 0) is 5.92 Å². The van der Waals surface area contributed by atoms with Crippen LogP contribution in [0.4, 0.5) is 0 Å². The molecule has 0 fully saturated rings. The molecule has 0 aliphatic carbocycles.